The van der Waals surface area contributed by atoms with Gasteiger partial charge in [-0.15, -0.1) is 0 Å². The SMILES string of the molecule is CCNC(=NCCCN1CCCC1=O)NCCCOC1CCOC1. The number of nitrogens with one attached hydrogen (secondary N) is 2. The van der Waals surface area contributed by atoms with Crippen LogP contribution < -0.4 is 10.6 Å². The minimum Gasteiger partial charge on any atom is -0.379 e. The first-order valence-corrected chi connectivity index (χ1v) is 9.29. The van der Waals surface area contributed by atoms with E-state index in [1.54, 1.807) is 0 Å². The van der Waals surface area contributed by atoms with Gasteiger partial charge in [0.1, 0.15) is 0 Å². The van der Waals surface area contributed by atoms with E-state index in [4.69, 9.17) is 9.47 Å². The molecule has 2 heterocycles. The monoisotopic (exact) mass is 340 g/mol. The summed E-state index contributed by atoms with van der Waals surface area (Å²) in [7, 11) is 0. The van der Waals surface area contributed by atoms with Crippen molar-refractivity contribution < 1.29 is 14.3 Å². The zero-order valence-corrected chi connectivity index (χ0v) is 14.9. The Morgan fingerprint density at radius 1 is 1.42 bits per heavy atom. The van der Waals surface area contributed by atoms with E-state index < -0.39 is 0 Å². The fourth-order valence-corrected chi connectivity index (χ4v) is 2.91. The summed E-state index contributed by atoms with van der Waals surface area (Å²) in [6, 6.07) is 0. The fourth-order valence-electron chi connectivity index (χ4n) is 2.91. The molecule has 0 aromatic rings. The highest BCUT2D eigenvalue weighted by Crippen LogP contribution is 2.09. The van der Waals surface area contributed by atoms with E-state index in [-0.39, 0.29) is 12.0 Å². The zero-order chi connectivity index (χ0) is 17.0. The summed E-state index contributed by atoms with van der Waals surface area (Å²) < 4.78 is 11.0. The highest BCUT2D eigenvalue weighted by molar-refractivity contribution is 5.79. The molecule has 7 nitrogen and oxygen atoms in total. The van der Waals surface area contributed by atoms with Gasteiger partial charge >= 0.3 is 0 Å². The molecular formula is C17H32N4O3. The average molecular weight is 340 g/mol. The molecule has 2 aliphatic heterocycles. The van der Waals surface area contributed by atoms with Crippen LogP contribution in [0.25, 0.3) is 0 Å². The van der Waals surface area contributed by atoms with Gasteiger partial charge in [-0.1, -0.05) is 0 Å². The lowest BCUT2D eigenvalue weighted by Crippen LogP contribution is -2.38. The number of rotatable bonds is 10. The molecule has 2 saturated heterocycles. The molecule has 0 aromatic heterocycles. The summed E-state index contributed by atoms with van der Waals surface area (Å²) >= 11 is 0. The van der Waals surface area contributed by atoms with Crippen LogP contribution >= 0.6 is 0 Å². The third-order valence-electron chi connectivity index (χ3n) is 4.23. The number of guanidine groups is 1. The summed E-state index contributed by atoms with van der Waals surface area (Å²) in [4.78, 5) is 18.1. The molecule has 2 aliphatic rings. The number of carbonyl (C=O) groups is 1. The molecule has 7 heteroatoms. The minimum absolute atomic E-state index is 0.278. The number of ether oxygens (including phenoxy) is 2. The smallest absolute Gasteiger partial charge is 0.222 e. The molecule has 0 spiro atoms. The molecule has 0 bridgehead atoms. The van der Waals surface area contributed by atoms with Gasteiger partial charge in [0, 0.05) is 52.4 Å². The van der Waals surface area contributed by atoms with Crippen molar-refractivity contribution in [1.29, 1.82) is 0 Å². The Bertz CT molecular complexity index is 397. The number of hydrogen-bond donors (Lipinski definition) is 2. The van der Waals surface area contributed by atoms with E-state index in [0.29, 0.717) is 6.42 Å². The molecule has 1 amide bonds. The van der Waals surface area contributed by atoms with E-state index >= 15 is 0 Å². The molecule has 24 heavy (non-hydrogen) atoms. The van der Waals surface area contributed by atoms with Crippen LogP contribution in [0.3, 0.4) is 0 Å². The van der Waals surface area contributed by atoms with Gasteiger partial charge in [0.05, 0.1) is 12.7 Å². The largest absolute Gasteiger partial charge is 0.379 e. The number of likely N-dealkylation sites (tertiary alicyclic amines) is 1. The number of nitrogens with zero attached hydrogens (tertiary/aromatic N) is 2. The third-order valence-corrected chi connectivity index (χ3v) is 4.23. The quantitative estimate of drug-likeness (QED) is 0.349. The highest BCUT2D eigenvalue weighted by Gasteiger charge is 2.18. The van der Waals surface area contributed by atoms with E-state index in [0.717, 1.165) is 84.2 Å². The molecule has 2 rings (SSSR count). The molecule has 1 unspecified atom stereocenters. The molecule has 0 radical (unpaired) electrons. The number of carbonyl (C=O) groups excluding carboxylic acids is 1. The molecule has 0 aromatic carbocycles. The molecular weight excluding hydrogens is 308 g/mol. The molecule has 2 N–H and O–H groups in total. The lowest BCUT2D eigenvalue weighted by atomic mass is 10.3. The molecule has 138 valence electrons. The summed E-state index contributed by atoms with van der Waals surface area (Å²) in [5, 5.41) is 6.58. The topological polar surface area (TPSA) is 75.2 Å². The maximum Gasteiger partial charge on any atom is 0.222 e. The van der Waals surface area contributed by atoms with Gasteiger partial charge in [0.15, 0.2) is 5.96 Å². The van der Waals surface area contributed by atoms with Crippen LogP contribution in [0.1, 0.15) is 39.0 Å². The second-order valence-corrected chi connectivity index (χ2v) is 6.24. The molecule has 1 atom stereocenters. The van der Waals surface area contributed by atoms with Crippen LogP contribution in [-0.4, -0.2) is 75.4 Å². The normalized spacial score (nSPS) is 21.5. The summed E-state index contributed by atoms with van der Waals surface area (Å²) in [5.74, 6) is 1.13. The predicted molar refractivity (Wildman–Crippen MR) is 94.2 cm³/mol. The lowest BCUT2D eigenvalue weighted by Gasteiger charge is -2.15. The number of hydrogen-bond acceptors (Lipinski definition) is 4. The Morgan fingerprint density at radius 3 is 3.04 bits per heavy atom. The molecule has 0 aliphatic carbocycles. The van der Waals surface area contributed by atoms with Gasteiger partial charge < -0.3 is 25.0 Å². The van der Waals surface area contributed by atoms with Crippen LogP contribution in [0.15, 0.2) is 4.99 Å². The number of aliphatic imine (C=N–C) groups is 1. The zero-order valence-electron chi connectivity index (χ0n) is 14.9. The van der Waals surface area contributed by atoms with Crippen LogP contribution in [0.2, 0.25) is 0 Å². The van der Waals surface area contributed by atoms with Crippen LogP contribution in [0.4, 0.5) is 0 Å². The Morgan fingerprint density at radius 2 is 2.33 bits per heavy atom. The van der Waals surface area contributed by atoms with Gasteiger partial charge in [-0.3, -0.25) is 9.79 Å². The molecule has 2 fully saturated rings. The van der Waals surface area contributed by atoms with Gasteiger partial charge in [0.2, 0.25) is 5.91 Å². The van der Waals surface area contributed by atoms with Crippen molar-refractivity contribution in [2.45, 2.75) is 45.1 Å². The Labute approximate surface area is 145 Å². The van der Waals surface area contributed by atoms with E-state index in [1.807, 2.05) is 4.90 Å². The second-order valence-electron chi connectivity index (χ2n) is 6.24. The van der Waals surface area contributed by atoms with Crippen molar-refractivity contribution in [1.82, 2.24) is 15.5 Å². The van der Waals surface area contributed by atoms with E-state index in [9.17, 15) is 4.79 Å². The standard InChI is InChI=1S/C17H32N4O3/c1-2-18-17(19-8-4-11-21-10-3-6-16(21)22)20-9-5-12-24-15-7-13-23-14-15/h15H,2-14H2,1H3,(H2,18,19,20). The highest BCUT2D eigenvalue weighted by atomic mass is 16.5. The third kappa shape index (κ3) is 7.05. The van der Waals surface area contributed by atoms with Crippen molar-refractivity contribution in [3.8, 4) is 0 Å². The van der Waals surface area contributed by atoms with Crippen molar-refractivity contribution in [3.05, 3.63) is 0 Å². The first kappa shape index (κ1) is 19.0. The van der Waals surface area contributed by atoms with E-state index in [2.05, 4.69) is 22.5 Å². The lowest BCUT2D eigenvalue weighted by molar-refractivity contribution is -0.127. The van der Waals surface area contributed by atoms with Crippen molar-refractivity contribution in [3.63, 3.8) is 0 Å². The maximum atomic E-state index is 11.5. The maximum absolute atomic E-state index is 11.5. The Kier molecular flexibility index (Phi) is 8.91. The summed E-state index contributed by atoms with van der Waals surface area (Å²) in [6.45, 7) is 8.50. The summed E-state index contributed by atoms with van der Waals surface area (Å²) in [5.41, 5.74) is 0. The van der Waals surface area contributed by atoms with Crippen molar-refractivity contribution in [2.24, 2.45) is 4.99 Å². The Hall–Kier alpha value is -1.34. The fraction of sp³-hybridized carbons (Fsp3) is 0.882. The van der Waals surface area contributed by atoms with Crippen molar-refractivity contribution in [2.75, 3.05) is 52.5 Å². The van der Waals surface area contributed by atoms with Crippen LogP contribution in [0, 0.1) is 0 Å². The number of amides is 1. The first-order chi connectivity index (χ1) is 11.8. The van der Waals surface area contributed by atoms with Crippen molar-refractivity contribution >= 4 is 11.9 Å². The minimum atomic E-state index is 0.278. The summed E-state index contributed by atoms with van der Waals surface area (Å²) in [6.07, 6.45) is 4.86. The second kappa shape index (κ2) is 11.3. The van der Waals surface area contributed by atoms with Gasteiger partial charge in [-0.25, -0.2) is 0 Å². The first-order valence-electron chi connectivity index (χ1n) is 9.29. The van der Waals surface area contributed by atoms with Crippen LogP contribution in [-0.2, 0) is 14.3 Å². The van der Waals surface area contributed by atoms with E-state index in [1.165, 1.54) is 0 Å². The van der Waals surface area contributed by atoms with Gasteiger partial charge in [-0.05, 0) is 32.6 Å². The van der Waals surface area contributed by atoms with Crippen LogP contribution in [0.5, 0.6) is 0 Å². The van der Waals surface area contributed by atoms with Gasteiger partial charge in [0.25, 0.3) is 0 Å². The Balaban J connectivity index is 1.54. The average Bonchev–Trinajstić information content (AvgIpc) is 3.23. The molecule has 0 saturated carbocycles. The predicted octanol–water partition coefficient (Wildman–Crippen LogP) is 0.750. The van der Waals surface area contributed by atoms with Gasteiger partial charge in [-0.2, -0.15) is 0 Å².